The lowest BCUT2D eigenvalue weighted by Gasteiger charge is -2.00. The molecule has 2 aromatic rings. The molecule has 2 rings (SSSR count). The van der Waals surface area contributed by atoms with E-state index in [1.54, 1.807) is 18.2 Å². The molecule has 0 saturated carbocycles. The fraction of sp³-hybridized carbons (Fsp3) is 0.100. The Morgan fingerprint density at radius 3 is 2.90 bits per heavy atom. The number of aromatic nitrogens is 3. The van der Waals surface area contributed by atoms with E-state index in [4.69, 9.17) is 5.11 Å². The van der Waals surface area contributed by atoms with Crippen LogP contribution in [0.3, 0.4) is 0 Å². The number of pyridine rings is 1. The Hall–Kier alpha value is -1.52. The molecule has 7 nitrogen and oxygen atoms in total. The summed E-state index contributed by atoms with van der Waals surface area (Å²) in [6.07, 6.45) is 0. The lowest BCUT2D eigenvalue weighted by atomic mass is 10.3. The van der Waals surface area contributed by atoms with Gasteiger partial charge in [-0.1, -0.05) is 29.2 Å². The molecule has 2 N–H and O–H groups in total. The smallest absolute Gasteiger partial charge is 0.313 e. The Morgan fingerprint density at radius 2 is 2.20 bits per heavy atom. The molecule has 0 radical (unpaired) electrons. The molecule has 0 fully saturated rings. The van der Waals surface area contributed by atoms with Crippen molar-refractivity contribution >= 4 is 56.0 Å². The minimum atomic E-state index is -0.936. The zero-order valence-corrected chi connectivity index (χ0v) is 13.0. The van der Waals surface area contributed by atoms with Crippen molar-refractivity contribution in [3.63, 3.8) is 0 Å². The molecule has 1 amide bonds. The first kappa shape index (κ1) is 14.9. The first-order chi connectivity index (χ1) is 9.54. The molecule has 0 aliphatic rings. The average molecular weight is 375 g/mol. The summed E-state index contributed by atoms with van der Waals surface area (Å²) < 4.78 is 1.03. The molecule has 0 aliphatic carbocycles. The standard InChI is InChI=1S/C10H7BrN4O3S2/c11-6-3-1-2-5(12-6)8(18)13-9-14-15-10(20-9)19-4-7(16)17/h1-3H,4H2,(H,16,17)(H,13,14,18). The SMILES string of the molecule is O=C(O)CSc1nnc(NC(=O)c2cccc(Br)n2)s1. The van der Waals surface area contributed by atoms with Crippen LogP contribution in [0.4, 0.5) is 5.13 Å². The normalized spacial score (nSPS) is 10.2. The van der Waals surface area contributed by atoms with Crippen molar-refractivity contribution in [3.8, 4) is 0 Å². The number of nitrogens with one attached hydrogen (secondary N) is 1. The van der Waals surface area contributed by atoms with Gasteiger partial charge in [0.2, 0.25) is 5.13 Å². The quantitative estimate of drug-likeness (QED) is 0.469. The van der Waals surface area contributed by atoms with Gasteiger partial charge in [0.25, 0.3) is 5.91 Å². The number of carbonyl (C=O) groups is 2. The van der Waals surface area contributed by atoms with E-state index in [0.29, 0.717) is 14.1 Å². The Kier molecular flexibility index (Phi) is 5.04. The van der Waals surface area contributed by atoms with Crippen molar-refractivity contribution in [2.24, 2.45) is 0 Å². The van der Waals surface area contributed by atoms with Crippen LogP contribution in [-0.2, 0) is 4.79 Å². The van der Waals surface area contributed by atoms with E-state index in [0.717, 1.165) is 23.1 Å². The molecule has 0 spiro atoms. The lowest BCUT2D eigenvalue weighted by Crippen LogP contribution is -2.13. The van der Waals surface area contributed by atoms with Gasteiger partial charge in [0.1, 0.15) is 10.3 Å². The number of aliphatic carboxylic acids is 1. The lowest BCUT2D eigenvalue weighted by molar-refractivity contribution is -0.133. The highest BCUT2D eigenvalue weighted by atomic mass is 79.9. The Balaban J connectivity index is 1.99. The van der Waals surface area contributed by atoms with E-state index in [1.807, 2.05) is 0 Å². The number of carboxylic acids is 1. The first-order valence-corrected chi connectivity index (χ1v) is 7.76. The topological polar surface area (TPSA) is 105 Å². The van der Waals surface area contributed by atoms with Crippen LogP contribution in [0.2, 0.25) is 0 Å². The number of halogens is 1. The van der Waals surface area contributed by atoms with Gasteiger partial charge < -0.3 is 5.11 Å². The van der Waals surface area contributed by atoms with Gasteiger partial charge in [0, 0.05) is 0 Å². The zero-order valence-electron chi connectivity index (χ0n) is 9.74. The van der Waals surface area contributed by atoms with Gasteiger partial charge in [-0.15, -0.1) is 10.2 Å². The highest BCUT2D eigenvalue weighted by Gasteiger charge is 2.12. The van der Waals surface area contributed by atoms with Crippen LogP contribution in [0.15, 0.2) is 27.1 Å². The second kappa shape index (κ2) is 6.77. The zero-order chi connectivity index (χ0) is 14.5. The van der Waals surface area contributed by atoms with Crippen LogP contribution in [0, 0.1) is 0 Å². The fourth-order valence-electron chi connectivity index (χ4n) is 1.14. The van der Waals surface area contributed by atoms with Crippen LogP contribution in [0.5, 0.6) is 0 Å². The fourth-order valence-corrected chi connectivity index (χ4v) is 2.95. The summed E-state index contributed by atoms with van der Waals surface area (Å²) in [5.74, 6) is -1.44. The largest absolute Gasteiger partial charge is 0.481 e. The number of carbonyl (C=O) groups excluding carboxylic acids is 1. The summed E-state index contributed by atoms with van der Waals surface area (Å²) in [5, 5.41) is 18.9. The predicted octanol–water partition coefficient (Wildman–Crippen LogP) is 2.12. The van der Waals surface area contributed by atoms with E-state index in [1.165, 1.54) is 0 Å². The molecule has 20 heavy (non-hydrogen) atoms. The van der Waals surface area contributed by atoms with E-state index in [2.05, 4.69) is 36.4 Å². The van der Waals surface area contributed by atoms with Crippen molar-refractivity contribution in [1.82, 2.24) is 15.2 Å². The second-order valence-electron chi connectivity index (χ2n) is 3.36. The number of thioether (sulfide) groups is 1. The molecule has 0 aromatic carbocycles. The van der Waals surface area contributed by atoms with Gasteiger partial charge in [-0.05, 0) is 28.1 Å². The highest BCUT2D eigenvalue weighted by molar-refractivity contribution is 9.10. The van der Waals surface area contributed by atoms with Crippen LogP contribution < -0.4 is 5.32 Å². The van der Waals surface area contributed by atoms with Gasteiger partial charge in [0.05, 0.1) is 5.75 Å². The number of rotatable bonds is 5. The van der Waals surface area contributed by atoms with Crippen LogP contribution in [-0.4, -0.2) is 37.9 Å². The van der Waals surface area contributed by atoms with Gasteiger partial charge in [-0.25, -0.2) is 4.98 Å². The average Bonchev–Trinajstić information content (AvgIpc) is 2.84. The molecule has 2 aromatic heterocycles. The summed E-state index contributed by atoms with van der Waals surface area (Å²) >= 11 is 5.33. The van der Waals surface area contributed by atoms with Crippen molar-refractivity contribution in [2.45, 2.75) is 4.34 Å². The van der Waals surface area contributed by atoms with Crippen LogP contribution >= 0.6 is 39.0 Å². The maximum Gasteiger partial charge on any atom is 0.313 e. The minimum Gasteiger partial charge on any atom is -0.481 e. The number of nitrogens with zero attached hydrogens (tertiary/aromatic N) is 3. The maximum atomic E-state index is 11.9. The third-order valence-electron chi connectivity index (χ3n) is 1.89. The van der Waals surface area contributed by atoms with Gasteiger partial charge >= 0.3 is 5.97 Å². The molecule has 0 saturated heterocycles. The summed E-state index contributed by atoms with van der Waals surface area (Å²) in [5.41, 5.74) is 0.245. The molecule has 0 aliphatic heterocycles. The minimum absolute atomic E-state index is 0.101. The summed E-state index contributed by atoms with van der Waals surface area (Å²) in [6, 6.07) is 4.98. The Bertz CT molecular complexity index is 649. The highest BCUT2D eigenvalue weighted by Crippen LogP contribution is 2.25. The van der Waals surface area contributed by atoms with E-state index < -0.39 is 11.9 Å². The summed E-state index contributed by atoms with van der Waals surface area (Å²) in [4.78, 5) is 26.3. The third-order valence-corrected chi connectivity index (χ3v) is 4.29. The third kappa shape index (κ3) is 4.25. The molecule has 0 unspecified atom stereocenters. The van der Waals surface area contributed by atoms with Gasteiger partial charge in [-0.3, -0.25) is 14.9 Å². The summed E-state index contributed by atoms with van der Waals surface area (Å²) in [6.45, 7) is 0. The number of amides is 1. The Morgan fingerprint density at radius 1 is 1.40 bits per heavy atom. The van der Waals surface area contributed by atoms with Crippen molar-refractivity contribution in [1.29, 1.82) is 0 Å². The van der Waals surface area contributed by atoms with E-state index in [9.17, 15) is 9.59 Å². The molecule has 0 bridgehead atoms. The van der Waals surface area contributed by atoms with Crippen molar-refractivity contribution < 1.29 is 14.7 Å². The second-order valence-corrected chi connectivity index (χ2v) is 6.37. The molecule has 0 atom stereocenters. The molecular weight excluding hydrogens is 368 g/mol. The number of hydrogen-bond donors (Lipinski definition) is 2. The monoisotopic (exact) mass is 374 g/mol. The van der Waals surface area contributed by atoms with Gasteiger partial charge in [-0.2, -0.15) is 0 Å². The molecular formula is C10H7BrN4O3S2. The van der Waals surface area contributed by atoms with Crippen LogP contribution in [0.1, 0.15) is 10.5 Å². The van der Waals surface area contributed by atoms with Crippen LogP contribution in [0.25, 0.3) is 0 Å². The molecule has 2 heterocycles. The van der Waals surface area contributed by atoms with Gasteiger partial charge in [0.15, 0.2) is 4.34 Å². The molecule has 10 heteroatoms. The van der Waals surface area contributed by atoms with E-state index in [-0.39, 0.29) is 11.4 Å². The number of carboxylic acid groups (broad SMARTS) is 1. The van der Waals surface area contributed by atoms with Crippen molar-refractivity contribution in [3.05, 3.63) is 28.5 Å². The summed E-state index contributed by atoms with van der Waals surface area (Å²) in [7, 11) is 0. The predicted molar refractivity (Wildman–Crippen MR) is 78.2 cm³/mol. The first-order valence-electron chi connectivity index (χ1n) is 5.16. The van der Waals surface area contributed by atoms with Crippen molar-refractivity contribution in [2.75, 3.05) is 11.1 Å². The number of anilines is 1. The maximum absolute atomic E-state index is 11.9. The van der Waals surface area contributed by atoms with E-state index >= 15 is 0 Å². The Labute approximate surface area is 130 Å². The number of hydrogen-bond acceptors (Lipinski definition) is 7. The molecule has 104 valence electrons.